The molecule has 1 aliphatic heterocycles. The van der Waals surface area contributed by atoms with Crippen LogP contribution in [0.4, 0.5) is 5.69 Å². The third-order valence-electron chi connectivity index (χ3n) is 3.75. The van der Waals surface area contributed by atoms with Crippen LogP contribution in [0.5, 0.6) is 5.75 Å². The van der Waals surface area contributed by atoms with E-state index in [2.05, 4.69) is 0 Å². The lowest BCUT2D eigenvalue weighted by molar-refractivity contribution is -0.385. The summed E-state index contributed by atoms with van der Waals surface area (Å²) in [5.41, 5.74) is 0.0832. The van der Waals surface area contributed by atoms with Crippen LogP contribution in [0.15, 0.2) is 18.2 Å². The normalized spacial score (nSPS) is 15.4. The Morgan fingerprint density at radius 3 is 2.50 bits per heavy atom. The van der Waals surface area contributed by atoms with Crippen LogP contribution in [0.1, 0.15) is 23.2 Å². The molecule has 0 aromatic heterocycles. The van der Waals surface area contributed by atoms with Gasteiger partial charge >= 0.3 is 11.7 Å². The molecule has 0 saturated carbocycles. The second kappa shape index (κ2) is 6.42. The molecule has 0 bridgehead atoms. The van der Waals surface area contributed by atoms with Crippen LogP contribution in [0, 0.1) is 16.0 Å². The van der Waals surface area contributed by atoms with Crippen molar-refractivity contribution in [2.75, 3.05) is 20.2 Å². The number of hydrogen-bond acceptors (Lipinski definition) is 5. The fourth-order valence-corrected chi connectivity index (χ4v) is 2.47. The van der Waals surface area contributed by atoms with E-state index in [1.165, 1.54) is 25.3 Å². The zero-order valence-electron chi connectivity index (χ0n) is 12.0. The maximum atomic E-state index is 12.4. The SMILES string of the molecule is COc1cc(C(=O)N2CCC(C(=O)O)CC2)ccc1[N+](=O)[O-]. The molecule has 1 fully saturated rings. The summed E-state index contributed by atoms with van der Waals surface area (Å²) in [6.07, 6.45) is 0.816. The predicted octanol–water partition coefficient (Wildman–Crippen LogP) is 1.54. The van der Waals surface area contributed by atoms with Crippen molar-refractivity contribution in [1.29, 1.82) is 0 Å². The summed E-state index contributed by atoms with van der Waals surface area (Å²) < 4.78 is 4.94. The smallest absolute Gasteiger partial charge is 0.310 e. The highest BCUT2D eigenvalue weighted by Gasteiger charge is 2.28. The fraction of sp³-hybridized carbons (Fsp3) is 0.429. The number of likely N-dealkylation sites (tertiary alicyclic amines) is 1. The van der Waals surface area contributed by atoms with Crippen LogP contribution in [-0.2, 0) is 4.79 Å². The van der Waals surface area contributed by atoms with Crippen LogP contribution < -0.4 is 4.74 Å². The Labute approximate surface area is 126 Å². The highest BCUT2D eigenvalue weighted by molar-refractivity contribution is 5.95. The molecule has 0 radical (unpaired) electrons. The molecule has 1 N–H and O–H groups in total. The van der Waals surface area contributed by atoms with Crippen molar-refractivity contribution >= 4 is 17.6 Å². The number of methoxy groups -OCH3 is 1. The number of carboxylic acids is 1. The first-order chi connectivity index (χ1) is 10.4. The van der Waals surface area contributed by atoms with E-state index >= 15 is 0 Å². The molecule has 1 heterocycles. The fourth-order valence-electron chi connectivity index (χ4n) is 2.47. The van der Waals surface area contributed by atoms with Crippen LogP contribution in [0.3, 0.4) is 0 Å². The second-order valence-electron chi connectivity index (χ2n) is 5.05. The van der Waals surface area contributed by atoms with Gasteiger partial charge in [0, 0.05) is 30.8 Å². The molecule has 8 heteroatoms. The zero-order valence-corrected chi connectivity index (χ0v) is 12.0. The monoisotopic (exact) mass is 308 g/mol. The maximum Gasteiger partial charge on any atom is 0.310 e. The van der Waals surface area contributed by atoms with Crippen LogP contribution in [0.25, 0.3) is 0 Å². The molecule has 0 aliphatic carbocycles. The number of nitro groups is 1. The van der Waals surface area contributed by atoms with Crippen LogP contribution >= 0.6 is 0 Å². The molecule has 1 amide bonds. The number of ether oxygens (including phenoxy) is 1. The van der Waals surface area contributed by atoms with Crippen molar-refractivity contribution in [2.24, 2.45) is 5.92 Å². The third-order valence-corrected chi connectivity index (χ3v) is 3.75. The number of aliphatic carboxylic acids is 1. The lowest BCUT2D eigenvalue weighted by atomic mass is 9.96. The molecule has 0 atom stereocenters. The number of hydrogen-bond donors (Lipinski definition) is 1. The first kappa shape index (κ1) is 15.7. The number of nitro benzene ring substituents is 1. The molecular formula is C14H16N2O6. The van der Waals surface area contributed by atoms with Gasteiger partial charge in [-0.2, -0.15) is 0 Å². The average Bonchev–Trinajstić information content (AvgIpc) is 2.53. The minimum Gasteiger partial charge on any atom is -0.490 e. The molecule has 1 aromatic carbocycles. The van der Waals surface area contributed by atoms with Crippen molar-refractivity contribution in [3.8, 4) is 5.75 Å². The standard InChI is InChI=1S/C14H16N2O6/c1-22-12-8-10(2-3-11(12)16(20)21)13(17)15-6-4-9(5-7-15)14(18)19/h2-3,8-9H,4-7H2,1H3,(H,18,19). The second-order valence-corrected chi connectivity index (χ2v) is 5.05. The topological polar surface area (TPSA) is 110 Å². The van der Waals surface area contributed by atoms with Gasteiger partial charge in [0.05, 0.1) is 18.0 Å². The van der Waals surface area contributed by atoms with E-state index in [9.17, 15) is 19.7 Å². The molecule has 8 nitrogen and oxygen atoms in total. The average molecular weight is 308 g/mol. The van der Waals surface area contributed by atoms with Gasteiger partial charge in [-0.1, -0.05) is 0 Å². The maximum absolute atomic E-state index is 12.4. The summed E-state index contributed by atoms with van der Waals surface area (Å²) in [6, 6.07) is 3.95. The Balaban J connectivity index is 2.13. The highest BCUT2D eigenvalue weighted by atomic mass is 16.6. The Morgan fingerprint density at radius 1 is 1.36 bits per heavy atom. The van der Waals surface area contributed by atoms with Crippen molar-refractivity contribution < 1.29 is 24.4 Å². The molecule has 1 aliphatic rings. The number of piperidine rings is 1. The van der Waals surface area contributed by atoms with Gasteiger partial charge in [0.1, 0.15) is 0 Å². The Morgan fingerprint density at radius 2 is 2.00 bits per heavy atom. The molecular weight excluding hydrogens is 292 g/mol. The van der Waals surface area contributed by atoms with E-state index in [-0.39, 0.29) is 22.9 Å². The predicted molar refractivity (Wildman–Crippen MR) is 75.9 cm³/mol. The molecule has 22 heavy (non-hydrogen) atoms. The summed E-state index contributed by atoms with van der Waals surface area (Å²) >= 11 is 0. The molecule has 1 saturated heterocycles. The van der Waals surface area contributed by atoms with E-state index < -0.39 is 16.8 Å². The van der Waals surface area contributed by atoms with Gasteiger partial charge < -0.3 is 14.7 Å². The van der Waals surface area contributed by atoms with Gasteiger partial charge in [0.15, 0.2) is 5.75 Å². The summed E-state index contributed by atoms with van der Waals surface area (Å²) in [6.45, 7) is 0.713. The number of benzene rings is 1. The molecule has 1 aromatic rings. The van der Waals surface area contributed by atoms with Crippen LogP contribution in [0.2, 0.25) is 0 Å². The summed E-state index contributed by atoms with van der Waals surface area (Å²) in [7, 11) is 1.30. The lowest BCUT2D eigenvalue weighted by Crippen LogP contribution is -2.40. The van der Waals surface area contributed by atoms with E-state index in [0.29, 0.717) is 25.9 Å². The third kappa shape index (κ3) is 3.16. The van der Waals surface area contributed by atoms with E-state index in [4.69, 9.17) is 9.84 Å². The summed E-state index contributed by atoms with van der Waals surface area (Å²) in [5, 5.41) is 19.8. The number of carbonyl (C=O) groups excluding carboxylic acids is 1. The number of carboxylic acid groups (broad SMARTS) is 1. The van der Waals surface area contributed by atoms with Crippen molar-refractivity contribution in [1.82, 2.24) is 4.90 Å². The van der Waals surface area contributed by atoms with Crippen molar-refractivity contribution in [3.63, 3.8) is 0 Å². The number of carbonyl (C=O) groups is 2. The van der Waals surface area contributed by atoms with E-state index in [1.807, 2.05) is 0 Å². The Hall–Kier alpha value is -2.64. The van der Waals surface area contributed by atoms with Crippen molar-refractivity contribution in [2.45, 2.75) is 12.8 Å². The van der Waals surface area contributed by atoms with E-state index in [1.54, 1.807) is 4.90 Å². The quantitative estimate of drug-likeness (QED) is 0.667. The van der Waals surface area contributed by atoms with Gasteiger partial charge in [0.25, 0.3) is 5.91 Å². The highest BCUT2D eigenvalue weighted by Crippen LogP contribution is 2.28. The van der Waals surface area contributed by atoms with Gasteiger partial charge in [-0.3, -0.25) is 19.7 Å². The first-order valence-electron chi connectivity index (χ1n) is 6.78. The van der Waals surface area contributed by atoms with Gasteiger partial charge in [-0.05, 0) is 18.9 Å². The summed E-state index contributed by atoms with van der Waals surface area (Å²) in [4.78, 5) is 35.1. The van der Waals surface area contributed by atoms with E-state index in [0.717, 1.165) is 0 Å². The number of amides is 1. The largest absolute Gasteiger partial charge is 0.490 e. The molecule has 2 rings (SSSR count). The minimum atomic E-state index is -0.843. The zero-order chi connectivity index (χ0) is 16.3. The number of nitrogens with zero attached hydrogens (tertiary/aromatic N) is 2. The van der Waals surface area contributed by atoms with Gasteiger partial charge in [-0.25, -0.2) is 0 Å². The van der Waals surface area contributed by atoms with Crippen molar-refractivity contribution in [3.05, 3.63) is 33.9 Å². The Kier molecular flexibility index (Phi) is 4.59. The summed E-state index contributed by atoms with van der Waals surface area (Å²) in [5.74, 6) is -1.52. The lowest BCUT2D eigenvalue weighted by Gasteiger charge is -2.30. The molecule has 0 unspecified atom stereocenters. The molecule has 118 valence electrons. The van der Waals surface area contributed by atoms with Crippen LogP contribution in [-0.4, -0.2) is 47.0 Å². The molecule has 0 spiro atoms. The van der Waals surface area contributed by atoms with Gasteiger partial charge in [0.2, 0.25) is 0 Å². The van der Waals surface area contributed by atoms with Gasteiger partial charge in [-0.15, -0.1) is 0 Å². The Bertz CT molecular complexity index is 607. The minimum absolute atomic E-state index is 0.0243. The number of rotatable bonds is 4. The first-order valence-corrected chi connectivity index (χ1v) is 6.78.